The minimum absolute atomic E-state index is 0.0208. The second kappa shape index (κ2) is 6.62. The molecule has 0 spiro atoms. The van der Waals surface area contributed by atoms with Gasteiger partial charge >= 0.3 is 5.97 Å². The van der Waals surface area contributed by atoms with Crippen LogP contribution in [0, 0.1) is 5.41 Å². The molecule has 0 aromatic carbocycles. The number of aryl methyl sites for hydroxylation is 1. The molecule has 5 heterocycles. The Morgan fingerprint density at radius 2 is 2.17 bits per heavy atom. The van der Waals surface area contributed by atoms with Crippen LogP contribution in [0.1, 0.15) is 35.3 Å². The van der Waals surface area contributed by atoms with E-state index in [-0.39, 0.29) is 24.0 Å². The monoisotopic (exact) mass is 411 g/mol. The number of amides is 1. The highest BCUT2D eigenvalue weighted by atomic mass is 32.1. The summed E-state index contributed by atoms with van der Waals surface area (Å²) in [5.41, 5.74) is 3.98. The molecule has 2 aliphatic rings. The third kappa shape index (κ3) is 2.67. The lowest BCUT2D eigenvalue weighted by molar-refractivity contribution is -0.154. The fourth-order valence-corrected chi connectivity index (χ4v) is 5.67. The summed E-state index contributed by atoms with van der Waals surface area (Å²) in [6.07, 6.45) is 6.07. The summed E-state index contributed by atoms with van der Waals surface area (Å²) < 4.78 is 6.92. The smallest absolute Gasteiger partial charge is 0.314 e. The van der Waals surface area contributed by atoms with Gasteiger partial charge in [0.15, 0.2) is 0 Å². The number of carbonyl (C=O) groups is 2. The van der Waals surface area contributed by atoms with Crippen LogP contribution in [0.25, 0.3) is 11.0 Å². The maximum Gasteiger partial charge on any atom is 0.314 e. The molecule has 0 N–H and O–H groups in total. The first kappa shape index (κ1) is 18.2. The highest BCUT2D eigenvalue weighted by molar-refractivity contribution is 7.07. The van der Waals surface area contributed by atoms with Gasteiger partial charge in [-0.05, 0) is 25.3 Å². The Bertz CT molecular complexity index is 1090. The van der Waals surface area contributed by atoms with Crippen LogP contribution < -0.4 is 0 Å². The first-order valence-electron chi connectivity index (χ1n) is 9.59. The molecule has 9 heteroatoms. The molecule has 0 radical (unpaired) electrons. The van der Waals surface area contributed by atoms with Crippen molar-refractivity contribution in [1.82, 2.24) is 24.6 Å². The van der Waals surface area contributed by atoms with E-state index in [2.05, 4.69) is 15.1 Å². The summed E-state index contributed by atoms with van der Waals surface area (Å²) in [5.74, 6) is -0.340. The summed E-state index contributed by atoms with van der Waals surface area (Å²) in [5, 5.41) is 6.16. The zero-order chi connectivity index (χ0) is 20.2. The predicted octanol–water partition coefficient (Wildman–Crippen LogP) is 2.20. The third-order valence-corrected chi connectivity index (χ3v) is 7.03. The number of aromatic nitrogens is 4. The number of rotatable bonds is 4. The van der Waals surface area contributed by atoms with Crippen LogP contribution in [-0.2, 0) is 23.0 Å². The Morgan fingerprint density at radius 1 is 1.31 bits per heavy atom. The van der Waals surface area contributed by atoms with E-state index in [1.165, 1.54) is 18.4 Å². The van der Waals surface area contributed by atoms with Gasteiger partial charge < -0.3 is 9.64 Å². The summed E-state index contributed by atoms with van der Waals surface area (Å²) in [7, 11) is 3.25. The highest BCUT2D eigenvalue weighted by Crippen LogP contribution is 2.52. The minimum atomic E-state index is -0.745. The van der Waals surface area contributed by atoms with E-state index < -0.39 is 5.41 Å². The van der Waals surface area contributed by atoms with E-state index in [0.717, 1.165) is 29.6 Å². The van der Waals surface area contributed by atoms with E-state index in [9.17, 15) is 9.59 Å². The van der Waals surface area contributed by atoms with E-state index in [1.54, 1.807) is 22.6 Å². The van der Waals surface area contributed by atoms with E-state index >= 15 is 0 Å². The molecule has 0 unspecified atom stereocenters. The number of pyridine rings is 1. The minimum Gasteiger partial charge on any atom is -0.469 e. The predicted molar refractivity (Wildman–Crippen MR) is 106 cm³/mol. The van der Waals surface area contributed by atoms with Crippen LogP contribution in [0.15, 0.2) is 29.4 Å². The van der Waals surface area contributed by atoms with Crippen LogP contribution in [-0.4, -0.2) is 55.7 Å². The molecular formula is C20H21N5O3S. The molecule has 0 aliphatic carbocycles. The molecule has 2 fully saturated rings. The Kier molecular flexibility index (Phi) is 4.16. The number of carbonyl (C=O) groups excluding carboxylic acids is 2. The van der Waals surface area contributed by atoms with Crippen molar-refractivity contribution in [3.8, 4) is 0 Å². The molecule has 2 saturated heterocycles. The number of thiazole rings is 1. The quantitative estimate of drug-likeness (QED) is 0.612. The number of esters is 1. The number of methoxy groups -OCH3 is 1. The topological polar surface area (TPSA) is 90.2 Å². The van der Waals surface area contributed by atoms with Crippen LogP contribution in [0.2, 0.25) is 0 Å². The Hall–Kier alpha value is -2.81. The van der Waals surface area contributed by atoms with Gasteiger partial charge in [0.05, 0.1) is 41.0 Å². The fraction of sp³-hybridized carbons (Fsp3) is 0.450. The van der Waals surface area contributed by atoms with Crippen molar-refractivity contribution in [3.05, 3.63) is 40.6 Å². The average Bonchev–Trinajstić information content (AvgIpc) is 3.51. The van der Waals surface area contributed by atoms with E-state index in [0.29, 0.717) is 18.4 Å². The summed E-state index contributed by atoms with van der Waals surface area (Å²) in [6.45, 7) is 0. The number of hydrogen-bond donors (Lipinski definition) is 0. The second-order valence-electron chi connectivity index (χ2n) is 7.86. The molecular weight excluding hydrogens is 390 g/mol. The largest absolute Gasteiger partial charge is 0.469 e. The first-order chi connectivity index (χ1) is 14.0. The molecule has 150 valence electrons. The SMILES string of the molecule is COC(=O)[C@@]1(Cc2cscn2)C[C@H]2CC[C@@H]1N2C(=O)c1cnc2cnn(C)c2c1. The van der Waals surface area contributed by atoms with Crippen LogP contribution in [0.4, 0.5) is 0 Å². The lowest BCUT2D eigenvalue weighted by atomic mass is 9.71. The molecule has 3 aromatic heterocycles. The van der Waals surface area contributed by atoms with Crippen molar-refractivity contribution in [1.29, 1.82) is 0 Å². The first-order valence-corrected chi connectivity index (χ1v) is 10.5. The van der Waals surface area contributed by atoms with Crippen LogP contribution in [0.3, 0.4) is 0 Å². The Balaban J connectivity index is 1.51. The molecule has 1 amide bonds. The third-order valence-electron chi connectivity index (χ3n) is 6.39. The van der Waals surface area contributed by atoms with Crippen LogP contribution in [0.5, 0.6) is 0 Å². The summed E-state index contributed by atoms with van der Waals surface area (Å²) in [6, 6.07) is 1.65. The van der Waals surface area contributed by atoms with Crippen molar-refractivity contribution in [2.24, 2.45) is 12.5 Å². The van der Waals surface area contributed by atoms with Gasteiger partial charge in [-0.1, -0.05) is 0 Å². The van der Waals surface area contributed by atoms with Gasteiger partial charge in [0.1, 0.15) is 5.52 Å². The lowest BCUT2D eigenvalue weighted by Crippen LogP contribution is -2.47. The van der Waals surface area contributed by atoms with Crippen molar-refractivity contribution in [2.75, 3.05) is 7.11 Å². The second-order valence-corrected chi connectivity index (χ2v) is 8.58. The molecule has 8 nitrogen and oxygen atoms in total. The van der Waals surface area contributed by atoms with E-state index in [4.69, 9.17) is 4.74 Å². The van der Waals surface area contributed by atoms with Crippen molar-refractivity contribution >= 4 is 34.2 Å². The number of hydrogen-bond acceptors (Lipinski definition) is 7. The Labute approximate surface area is 171 Å². The average molecular weight is 411 g/mol. The van der Waals surface area contributed by atoms with Gasteiger partial charge in [0, 0.05) is 37.1 Å². The molecule has 2 aliphatic heterocycles. The zero-order valence-corrected chi connectivity index (χ0v) is 17.1. The Morgan fingerprint density at radius 3 is 2.93 bits per heavy atom. The standard InChI is InChI=1S/C20H21N5O3S/c1-24-16-5-12(8-21-15(16)9-23-24)18(26)25-14-3-4-17(25)20(7-14,19(27)28-2)6-13-10-29-11-22-13/h5,8-11,14,17H,3-4,6-7H2,1-2H3/t14-,17+,20+/m1/s1. The maximum absolute atomic E-state index is 13.5. The van der Waals surface area contributed by atoms with Crippen LogP contribution >= 0.6 is 11.3 Å². The molecule has 3 aromatic rings. The van der Waals surface area contributed by atoms with E-state index in [1.807, 2.05) is 23.4 Å². The van der Waals surface area contributed by atoms with Gasteiger partial charge in [-0.3, -0.25) is 19.3 Å². The van der Waals surface area contributed by atoms with Gasteiger partial charge in [-0.15, -0.1) is 11.3 Å². The molecule has 0 saturated carbocycles. The van der Waals surface area contributed by atoms with Gasteiger partial charge in [-0.2, -0.15) is 5.10 Å². The number of nitrogens with zero attached hydrogens (tertiary/aromatic N) is 5. The van der Waals surface area contributed by atoms with Crippen molar-refractivity contribution in [3.63, 3.8) is 0 Å². The highest BCUT2D eigenvalue weighted by Gasteiger charge is 2.62. The van der Waals surface area contributed by atoms with Gasteiger partial charge in [0.2, 0.25) is 0 Å². The normalized spacial score (nSPS) is 25.7. The zero-order valence-electron chi connectivity index (χ0n) is 16.2. The summed E-state index contributed by atoms with van der Waals surface area (Å²) in [4.78, 5) is 37.1. The van der Waals surface area contributed by atoms with Crippen molar-refractivity contribution in [2.45, 2.75) is 37.8 Å². The lowest BCUT2D eigenvalue weighted by Gasteiger charge is -2.34. The van der Waals surface area contributed by atoms with Crippen molar-refractivity contribution < 1.29 is 14.3 Å². The fourth-order valence-electron chi connectivity index (χ4n) is 5.11. The molecule has 29 heavy (non-hydrogen) atoms. The van der Waals surface area contributed by atoms with Gasteiger partial charge in [0.25, 0.3) is 5.91 Å². The maximum atomic E-state index is 13.5. The molecule has 5 rings (SSSR count). The molecule has 2 bridgehead atoms. The number of fused-ring (bicyclic) bond motifs is 3. The number of ether oxygens (including phenoxy) is 1. The molecule has 3 atom stereocenters. The van der Waals surface area contributed by atoms with Gasteiger partial charge in [-0.25, -0.2) is 4.98 Å². The summed E-state index contributed by atoms with van der Waals surface area (Å²) >= 11 is 1.51.